The fraction of sp³-hybridized carbons (Fsp3) is 0.146. The van der Waals surface area contributed by atoms with E-state index >= 15 is 0 Å². The van der Waals surface area contributed by atoms with Gasteiger partial charge >= 0.3 is 36.1 Å². The van der Waals surface area contributed by atoms with E-state index in [1.54, 1.807) is 12.1 Å². The first-order valence-corrected chi connectivity index (χ1v) is 17.4. The van der Waals surface area contributed by atoms with Crippen LogP contribution < -0.4 is 19.5 Å². The first kappa shape index (κ1) is 40.9. The number of esters is 2. The first-order chi connectivity index (χ1) is 28.5. The molecule has 11 nitrogen and oxygen atoms in total. The predicted molar refractivity (Wildman–Crippen MR) is 193 cm³/mol. The summed E-state index contributed by atoms with van der Waals surface area (Å²) in [5.74, 6) is -7.50. The molecule has 2 atom stereocenters. The van der Waals surface area contributed by atoms with E-state index in [4.69, 9.17) is 14.2 Å². The number of cyclic esters (lactones) is 2. The van der Waals surface area contributed by atoms with Gasteiger partial charge in [-0.15, -0.1) is 0 Å². The lowest BCUT2D eigenvalue weighted by molar-refractivity contribution is -0.139. The first-order valence-electron chi connectivity index (χ1n) is 17.4. The third-order valence-electron chi connectivity index (χ3n) is 8.66. The minimum atomic E-state index is -4.94. The Bertz CT molecular complexity index is 2510. The predicted octanol–water partition coefficient (Wildman–Crippen LogP) is 9.28. The van der Waals surface area contributed by atoms with Gasteiger partial charge in [0.1, 0.15) is 36.3 Å². The third kappa shape index (κ3) is 9.52. The molecular weight excluding hydrogens is 814 g/mol. The van der Waals surface area contributed by atoms with Crippen LogP contribution >= 0.6 is 0 Å². The third-order valence-corrected chi connectivity index (χ3v) is 8.66. The van der Waals surface area contributed by atoms with Gasteiger partial charge in [0.2, 0.25) is 0 Å². The van der Waals surface area contributed by atoms with E-state index < -0.39 is 65.7 Å². The fourth-order valence-electron chi connectivity index (χ4n) is 5.74. The largest absolute Gasteiger partial charge is 0.489 e. The molecule has 5 aromatic carbocycles. The number of aliphatic imine (C=N–C) groups is 2. The molecule has 308 valence electrons. The molecule has 5 aromatic rings. The van der Waals surface area contributed by atoms with E-state index in [2.05, 4.69) is 24.8 Å². The number of hydrogen-bond acceptors (Lipinski definition) is 10. The molecule has 2 heterocycles. The van der Waals surface area contributed by atoms with Crippen LogP contribution in [0, 0.1) is 11.6 Å². The number of benzene rings is 5. The summed E-state index contributed by atoms with van der Waals surface area (Å²) in [5, 5.41) is 2.74. The van der Waals surface area contributed by atoms with E-state index in [1.807, 2.05) is 0 Å². The van der Waals surface area contributed by atoms with Crippen LogP contribution in [0.25, 0.3) is 0 Å². The number of carbonyl (C=O) groups excluding carboxylic acids is 3. The quantitative estimate of drug-likeness (QED) is 0.0971. The topological polar surface area (TPSA) is 134 Å². The summed E-state index contributed by atoms with van der Waals surface area (Å²) in [6.07, 6.45) is -9.86. The molecule has 0 radical (unpaired) electrons. The summed E-state index contributed by atoms with van der Waals surface area (Å²) in [4.78, 5) is 44.5. The van der Waals surface area contributed by atoms with Crippen molar-refractivity contribution in [1.29, 1.82) is 0 Å². The van der Waals surface area contributed by atoms with E-state index in [0.29, 0.717) is 22.9 Å². The smallest absolute Gasteiger partial charge is 0.468 e. The van der Waals surface area contributed by atoms with E-state index in [-0.39, 0.29) is 52.9 Å². The van der Waals surface area contributed by atoms with Crippen LogP contribution in [0.4, 0.5) is 40.8 Å². The van der Waals surface area contributed by atoms with Crippen molar-refractivity contribution in [1.82, 2.24) is 0 Å². The van der Waals surface area contributed by atoms with Crippen LogP contribution in [0.2, 0.25) is 0 Å². The van der Waals surface area contributed by atoms with Crippen molar-refractivity contribution in [3.05, 3.63) is 149 Å². The van der Waals surface area contributed by atoms with Crippen LogP contribution in [-0.2, 0) is 32.3 Å². The molecule has 60 heavy (non-hydrogen) atoms. The zero-order valence-corrected chi connectivity index (χ0v) is 30.1. The van der Waals surface area contributed by atoms with Gasteiger partial charge in [0.05, 0.1) is 0 Å². The van der Waals surface area contributed by atoms with Gasteiger partial charge in [0.15, 0.2) is 23.7 Å². The molecule has 19 heteroatoms. The van der Waals surface area contributed by atoms with E-state index in [1.165, 1.54) is 78.9 Å². The number of rotatable bonds is 12. The van der Waals surface area contributed by atoms with Crippen LogP contribution in [0.1, 0.15) is 44.7 Å². The fourth-order valence-corrected chi connectivity index (χ4v) is 5.74. The summed E-state index contributed by atoms with van der Waals surface area (Å²) >= 11 is 0. The highest BCUT2D eigenvalue weighted by Crippen LogP contribution is 2.34. The Balaban J connectivity index is 1.06. The summed E-state index contributed by atoms with van der Waals surface area (Å²) < 4.78 is 131. The summed E-state index contributed by atoms with van der Waals surface area (Å²) in [5.41, 5.74) is 1.54. The van der Waals surface area contributed by atoms with Gasteiger partial charge in [-0.25, -0.2) is 28.4 Å². The van der Waals surface area contributed by atoms with Crippen LogP contribution in [0.15, 0.2) is 119 Å². The van der Waals surface area contributed by atoms with Crippen LogP contribution in [0.3, 0.4) is 0 Å². The molecule has 1 amide bonds. The number of ether oxygens (including phenoxy) is 5. The van der Waals surface area contributed by atoms with Crippen LogP contribution in [-0.4, -0.2) is 42.0 Å². The second-order valence-electron chi connectivity index (χ2n) is 12.9. The van der Waals surface area contributed by atoms with Gasteiger partial charge in [0, 0.05) is 22.9 Å². The average Bonchev–Trinajstić information content (AvgIpc) is 3.81. The van der Waals surface area contributed by atoms with Gasteiger partial charge in [-0.3, -0.25) is 4.79 Å². The normalized spacial score (nSPS) is 16.4. The zero-order chi connectivity index (χ0) is 42.8. The Morgan fingerprint density at radius 1 is 0.633 bits per heavy atom. The highest BCUT2D eigenvalue weighted by molar-refractivity contribution is 6.05. The van der Waals surface area contributed by atoms with Crippen molar-refractivity contribution in [2.45, 2.75) is 37.7 Å². The molecule has 0 saturated carbocycles. The lowest BCUT2D eigenvalue weighted by Gasteiger charge is -2.15. The van der Waals surface area contributed by atoms with Crippen LogP contribution in [0.5, 0.6) is 23.0 Å². The van der Waals surface area contributed by atoms with Gasteiger partial charge in [-0.2, -0.15) is 26.3 Å². The monoisotopic (exact) mass is 839 g/mol. The van der Waals surface area contributed by atoms with Crippen molar-refractivity contribution in [2.24, 2.45) is 9.98 Å². The van der Waals surface area contributed by atoms with Crippen molar-refractivity contribution in [3.8, 4) is 23.0 Å². The van der Waals surface area contributed by atoms with Gasteiger partial charge < -0.3 is 29.0 Å². The molecule has 0 aliphatic carbocycles. The number of anilines is 1. The highest BCUT2D eigenvalue weighted by atomic mass is 19.4. The molecule has 0 fully saturated rings. The molecule has 0 spiro atoms. The minimum Gasteiger partial charge on any atom is -0.489 e. The Hall–Kier alpha value is -7.31. The second kappa shape index (κ2) is 16.5. The number of nitrogens with one attached hydrogen (secondary N) is 1. The maximum absolute atomic E-state index is 14.1. The maximum atomic E-state index is 14.1. The summed E-state index contributed by atoms with van der Waals surface area (Å²) in [6, 6.07) is 21.4. The standard InChI is InChI=1S/C41H25F8N3O8/c42-25-7-16-32(31(43)18-25)58-29-14-8-26(9-15-29)50-35(53)30-17-21(19-56-27-10-3-22(4-11-27)33-36(54)59-38(51-33)40(44,45)46)1-2-24(30)20-57-28-12-5-23(6-13-28)34-37(55)60-39(52-34)41(47,48)49/h1-18,33-34H,19-20H2,(H,50,53). The van der Waals surface area contributed by atoms with Crippen molar-refractivity contribution < 1.29 is 73.2 Å². The number of halogens is 8. The number of hydrogen-bond donors (Lipinski definition) is 1. The Labute approximate surface area is 332 Å². The van der Waals surface area contributed by atoms with Crippen molar-refractivity contribution in [3.63, 3.8) is 0 Å². The van der Waals surface area contributed by atoms with Crippen molar-refractivity contribution in [2.75, 3.05) is 5.32 Å². The lowest BCUT2D eigenvalue weighted by Crippen LogP contribution is -2.23. The second-order valence-corrected chi connectivity index (χ2v) is 12.9. The molecule has 0 aromatic heterocycles. The molecule has 0 saturated heterocycles. The Morgan fingerprint density at radius 2 is 1.15 bits per heavy atom. The molecule has 2 aliphatic heterocycles. The number of amides is 1. The SMILES string of the molecule is O=C(Nc1ccc(Oc2ccc(F)cc2F)cc1)c1cc(COc2ccc(C3N=C(C(F)(F)F)OC3=O)cc2)ccc1COc1ccc(C2N=C(C(F)(F)F)OC2=O)cc1. The molecular formula is C41H25F8N3O8. The molecule has 7 rings (SSSR count). The van der Waals surface area contributed by atoms with Gasteiger partial charge in [-0.05, 0) is 83.4 Å². The Kier molecular flexibility index (Phi) is 11.2. The summed E-state index contributed by atoms with van der Waals surface area (Å²) in [6.45, 7) is -0.289. The maximum Gasteiger partial charge on any atom is 0.468 e. The zero-order valence-electron chi connectivity index (χ0n) is 30.1. The summed E-state index contributed by atoms with van der Waals surface area (Å²) in [7, 11) is 0. The van der Waals surface area contributed by atoms with E-state index in [0.717, 1.165) is 12.1 Å². The average molecular weight is 840 g/mol. The van der Waals surface area contributed by atoms with E-state index in [9.17, 15) is 49.5 Å². The molecule has 2 unspecified atom stereocenters. The number of carbonyl (C=O) groups is 3. The molecule has 1 N–H and O–H groups in total. The Morgan fingerprint density at radius 3 is 1.65 bits per heavy atom. The minimum absolute atomic E-state index is 0.0990. The molecule has 2 aliphatic rings. The highest BCUT2D eigenvalue weighted by Gasteiger charge is 2.47. The molecule has 0 bridgehead atoms. The number of nitrogens with zero attached hydrogens (tertiary/aromatic N) is 2. The number of alkyl halides is 6. The van der Waals surface area contributed by atoms with Crippen molar-refractivity contribution >= 4 is 35.3 Å². The lowest BCUT2D eigenvalue weighted by atomic mass is 10.0. The van der Waals surface area contributed by atoms with Gasteiger partial charge in [-0.1, -0.05) is 36.4 Å². The van der Waals surface area contributed by atoms with Gasteiger partial charge in [0.25, 0.3) is 5.91 Å².